The smallest absolute Gasteiger partial charge is 0.407 e. The first-order chi connectivity index (χ1) is 24.0. The highest BCUT2D eigenvalue weighted by molar-refractivity contribution is 5.80. The zero-order valence-electron chi connectivity index (χ0n) is 29.2. The zero-order valence-corrected chi connectivity index (χ0v) is 29.2. The summed E-state index contributed by atoms with van der Waals surface area (Å²) in [6.07, 6.45) is -4.10. The molecule has 5 rings (SSSR count). The summed E-state index contributed by atoms with van der Waals surface area (Å²) >= 11 is 0. The molecule has 11 nitrogen and oxygen atoms in total. The number of fused-ring (bicyclic) bond motifs is 1. The summed E-state index contributed by atoms with van der Waals surface area (Å²) < 4.78 is 16.8. The molecule has 2 aliphatic rings. The highest BCUT2D eigenvalue weighted by Crippen LogP contribution is 2.32. The highest BCUT2D eigenvalue weighted by atomic mass is 16.6. The van der Waals surface area contributed by atoms with Crippen LogP contribution in [-0.2, 0) is 33.5 Å². The third kappa shape index (κ3) is 10.5. The van der Waals surface area contributed by atoms with E-state index in [4.69, 9.17) is 14.2 Å². The quantitative estimate of drug-likeness (QED) is 0.172. The number of benzene rings is 3. The molecule has 5 N–H and O–H groups in total. The molecule has 2 amide bonds. The Labute approximate surface area is 294 Å². The Hall–Kier alpha value is -4.00. The van der Waals surface area contributed by atoms with Crippen LogP contribution < -0.4 is 15.4 Å². The maximum atomic E-state index is 14.1. The Bertz CT molecular complexity index is 1520. The molecule has 1 aliphatic heterocycles. The fraction of sp³-hybridized carbons (Fsp3) is 0.487. The van der Waals surface area contributed by atoms with E-state index in [-0.39, 0.29) is 12.8 Å². The first-order valence-corrected chi connectivity index (χ1v) is 17.4. The van der Waals surface area contributed by atoms with Gasteiger partial charge in [0.15, 0.2) is 0 Å². The minimum atomic E-state index is -1.60. The number of carbonyl (C=O) groups excluding carboxylic acids is 2. The lowest BCUT2D eigenvalue weighted by molar-refractivity contribution is -0.134. The van der Waals surface area contributed by atoms with Crippen LogP contribution in [0.2, 0.25) is 0 Å². The molecule has 1 saturated heterocycles. The summed E-state index contributed by atoms with van der Waals surface area (Å²) in [5.74, 6) is -0.991. The lowest BCUT2D eigenvalue weighted by atomic mass is 9.85. The molecule has 1 aliphatic carbocycles. The van der Waals surface area contributed by atoms with E-state index in [0.717, 1.165) is 55.1 Å². The Balaban J connectivity index is 1.34. The van der Waals surface area contributed by atoms with Crippen molar-refractivity contribution in [3.63, 3.8) is 0 Å². The molecule has 1 heterocycles. The third-order valence-corrected chi connectivity index (χ3v) is 9.17. The topological polar surface area (TPSA) is 150 Å². The Morgan fingerprint density at radius 1 is 0.900 bits per heavy atom. The summed E-state index contributed by atoms with van der Waals surface area (Å²) in [6, 6.07) is 22.5. The van der Waals surface area contributed by atoms with Gasteiger partial charge < -0.3 is 40.2 Å². The van der Waals surface area contributed by atoms with E-state index in [1.807, 2.05) is 78.9 Å². The molecule has 0 aromatic heterocycles. The molecule has 270 valence electrons. The molecule has 50 heavy (non-hydrogen) atoms. The van der Waals surface area contributed by atoms with E-state index in [1.165, 1.54) is 0 Å². The summed E-state index contributed by atoms with van der Waals surface area (Å²) in [7, 11) is 0. The second-order valence-electron chi connectivity index (χ2n) is 14.1. The number of carbonyl (C=O) groups is 2. The molecular weight excluding hydrogens is 638 g/mol. The van der Waals surface area contributed by atoms with Gasteiger partial charge in [0.05, 0.1) is 43.4 Å². The summed E-state index contributed by atoms with van der Waals surface area (Å²) in [6.45, 7) is 9.72. The van der Waals surface area contributed by atoms with Crippen LogP contribution in [0.25, 0.3) is 0 Å². The first kappa shape index (κ1) is 37.3. The molecule has 0 bridgehead atoms. The maximum Gasteiger partial charge on any atom is 0.407 e. The van der Waals surface area contributed by atoms with Crippen LogP contribution in [0.5, 0.6) is 5.75 Å². The average Bonchev–Trinajstić information content (AvgIpc) is 3.41. The molecule has 0 radical (unpaired) electrons. The molecule has 0 spiro atoms. The van der Waals surface area contributed by atoms with Crippen LogP contribution in [-0.4, -0.2) is 102 Å². The maximum absolute atomic E-state index is 14.1. The van der Waals surface area contributed by atoms with Gasteiger partial charge in [-0.3, -0.25) is 9.69 Å². The summed E-state index contributed by atoms with van der Waals surface area (Å²) in [4.78, 5) is 29.3. The number of aliphatic hydroxyl groups is 3. The number of nitrogens with one attached hydrogen (secondary N) is 2. The summed E-state index contributed by atoms with van der Waals surface area (Å²) in [5.41, 5.74) is 2.52. The second kappa shape index (κ2) is 17.3. The van der Waals surface area contributed by atoms with Crippen molar-refractivity contribution in [3.8, 4) is 5.75 Å². The zero-order chi connectivity index (χ0) is 35.7. The van der Waals surface area contributed by atoms with E-state index >= 15 is 0 Å². The molecule has 3 aromatic rings. The van der Waals surface area contributed by atoms with Crippen LogP contribution in [0.1, 0.15) is 49.1 Å². The van der Waals surface area contributed by atoms with Gasteiger partial charge in [-0.1, -0.05) is 66.7 Å². The van der Waals surface area contributed by atoms with Crippen molar-refractivity contribution in [1.29, 1.82) is 0 Å². The third-order valence-electron chi connectivity index (χ3n) is 9.17. The number of amides is 2. The van der Waals surface area contributed by atoms with Crippen LogP contribution in [0.4, 0.5) is 4.79 Å². The van der Waals surface area contributed by atoms with Gasteiger partial charge in [0.2, 0.25) is 5.91 Å². The minimum absolute atomic E-state index is 0.0765. The molecule has 3 aromatic carbocycles. The van der Waals surface area contributed by atoms with Gasteiger partial charge in [0.25, 0.3) is 0 Å². The van der Waals surface area contributed by atoms with Crippen molar-refractivity contribution >= 4 is 12.0 Å². The van der Waals surface area contributed by atoms with Crippen LogP contribution >= 0.6 is 0 Å². The monoisotopic (exact) mass is 689 g/mol. The molecule has 0 saturated carbocycles. The van der Waals surface area contributed by atoms with E-state index in [9.17, 15) is 24.9 Å². The van der Waals surface area contributed by atoms with Gasteiger partial charge in [0.1, 0.15) is 24.1 Å². The highest BCUT2D eigenvalue weighted by Gasteiger charge is 2.40. The number of nitrogens with zero attached hydrogens (tertiary/aromatic N) is 1. The van der Waals surface area contributed by atoms with Crippen molar-refractivity contribution in [2.75, 3.05) is 39.5 Å². The van der Waals surface area contributed by atoms with Crippen molar-refractivity contribution < 1.29 is 39.1 Å². The van der Waals surface area contributed by atoms with Crippen molar-refractivity contribution in [3.05, 3.63) is 101 Å². The fourth-order valence-corrected chi connectivity index (χ4v) is 6.53. The number of hydrogen-bond donors (Lipinski definition) is 5. The lowest BCUT2D eigenvalue weighted by Crippen LogP contribution is -2.55. The van der Waals surface area contributed by atoms with Gasteiger partial charge in [-0.05, 0) is 68.0 Å². The Kier molecular flexibility index (Phi) is 12.9. The SMILES string of the molecule is CC(C)(C)OC(=O)N[C@@H](Cc1ccccc1)[C@@H](O)[C@@H](O)[C@@H](Cc1ccc(OCCN2CCOCC2)cc1)C(=O)N[C@H]1c2ccccc2C[C@H]1O. The molecule has 0 unspecified atom stereocenters. The van der Waals surface area contributed by atoms with E-state index in [0.29, 0.717) is 18.8 Å². The molecule has 11 heteroatoms. The predicted molar refractivity (Wildman–Crippen MR) is 189 cm³/mol. The average molecular weight is 690 g/mol. The van der Waals surface area contributed by atoms with E-state index in [1.54, 1.807) is 20.8 Å². The van der Waals surface area contributed by atoms with E-state index in [2.05, 4.69) is 15.5 Å². The van der Waals surface area contributed by atoms with Crippen LogP contribution in [0.3, 0.4) is 0 Å². The number of hydrogen-bond acceptors (Lipinski definition) is 9. The van der Waals surface area contributed by atoms with Gasteiger partial charge in [-0.2, -0.15) is 0 Å². The predicted octanol–water partition coefficient (Wildman–Crippen LogP) is 3.19. The number of ether oxygens (including phenoxy) is 3. The first-order valence-electron chi connectivity index (χ1n) is 17.4. The van der Waals surface area contributed by atoms with Crippen molar-refractivity contribution in [2.45, 2.75) is 76.0 Å². The van der Waals surface area contributed by atoms with Crippen molar-refractivity contribution in [2.24, 2.45) is 5.92 Å². The molecular formula is C39H51N3O8. The van der Waals surface area contributed by atoms with E-state index < -0.39 is 53.9 Å². The van der Waals surface area contributed by atoms with Crippen LogP contribution in [0.15, 0.2) is 78.9 Å². The van der Waals surface area contributed by atoms with Crippen LogP contribution in [0, 0.1) is 5.92 Å². The number of morpholine rings is 1. The number of rotatable bonds is 14. The van der Waals surface area contributed by atoms with Crippen molar-refractivity contribution in [1.82, 2.24) is 15.5 Å². The standard InChI is InChI=1S/C39H51N3O8/c1-39(2,3)50-38(47)40-32(24-26-9-5-4-6-10-26)36(45)35(44)31(37(46)41-34-30-12-8-7-11-28(30)25-33(34)43)23-27-13-15-29(16-14-27)49-22-19-42-17-20-48-21-18-42/h4-16,31-36,43-45H,17-25H2,1-3H3,(H,40,47)(H,41,46)/t31-,32+,33-,34+,35+,36-/m1/s1. The van der Waals surface area contributed by atoms with Gasteiger partial charge in [-0.25, -0.2) is 4.79 Å². The normalized spacial score (nSPS) is 20.2. The number of aliphatic hydroxyl groups excluding tert-OH is 3. The van der Waals surface area contributed by atoms with Gasteiger partial charge >= 0.3 is 6.09 Å². The fourth-order valence-electron chi connectivity index (χ4n) is 6.53. The number of alkyl carbamates (subject to hydrolysis) is 1. The Morgan fingerprint density at radius 3 is 2.26 bits per heavy atom. The minimum Gasteiger partial charge on any atom is -0.492 e. The summed E-state index contributed by atoms with van der Waals surface area (Å²) in [5, 5.41) is 40.1. The molecule has 1 fully saturated rings. The van der Waals surface area contributed by atoms with Gasteiger partial charge in [-0.15, -0.1) is 0 Å². The second-order valence-corrected chi connectivity index (χ2v) is 14.1. The molecule has 6 atom stereocenters. The largest absolute Gasteiger partial charge is 0.492 e. The van der Waals surface area contributed by atoms with Gasteiger partial charge in [0, 0.05) is 26.1 Å². The Morgan fingerprint density at radius 2 is 1.56 bits per heavy atom. The lowest BCUT2D eigenvalue weighted by Gasteiger charge is -2.33.